The van der Waals surface area contributed by atoms with Crippen molar-refractivity contribution in [2.24, 2.45) is 0 Å². The second kappa shape index (κ2) is 6.39. The van der Waals surface area contributed by atoms with Crippen LogP contribution in [-0.2, 0) is 9.59 Å². The minimum atomic E-state index is -0.575. The van der Waals surface area contributed by atoms with Gasteiger partial charge in [0.2, 0.25) is 23.6 Å². The summed E-state index contributed by atoms with van der Waals surface area (Å²) >= 11 is 0. The monoisotopic (exact) mass is 316 g/mol. The van der Waals surface area contributed by atoms with Crippen molar-refractivity contribution < 1.29 is 18.7 Å². The number of nitrogens with one attached hydrogen (secondary N) is 2. The Morgan fingerprint density at radius 3 is 2.74 bits per heavy atom. The van der Waals surface area contributed by atoms with Gasteiger partial charge in [-0.05, 0) is 30.7 Å². The summed E-state index contributed by atoms with van der Waals surface area (Å²) in [5.41, 5.74) is 0. The maximum absolute atomic E-state index is 12.9. The molecule has 2 amide bonds. The SMILES string of the molecule is O=C1CCC(Nc2nccc(Oc3ccc(F)cc3)n2)C(=O)N1. The van der Waals surface area contributed by atoms with E-state index in [1.807, 2.05) is 0 Å². The van der Waals surface area contributed by atoms with Crippen LogP contribution in [0.4, 0.5) is 10.3 Å². The lowest BCUT2D eigenvalue weighted by Gasteiger charge is -2.21. The highest BCUT2D eigenvalue weighted by atomic mass is 19.1. The molecule has 1 aromatic heterocycles. The van der Waals surface area contributed by atoms with Crippen molar-refractivity contribution in [3.05, 3.63) is 42.3 Å². The fourth-order valence-electron chi connectivity index (χ4n) is 2.08. The topological polar surface area (TPSA) is 93.2 Å². The lowest BCUT2D eigenvalue weighted by Crippen LogP contribution is -2.47. The molecule has 23 heavy (non-hydrogen) atoms. The lowest BCUT2D eigenvalue weighted by molar-refractivity contribution is -0.133. The Labute approximate surface area is 130 Å². The van der Waals surface area contributed by atoms with Crippen LogP contribution in [0.2, 0.25) is 0 Å². The van der Waals surface area contributed by atoms with Gasteiger partial charge >= 0.3 is 0 Å². The Morgan fingerprint density at radius 2 is 2.00 bits per heavy atom. The molecule has 0 radical (unpaired) electrons. The van der Waals surface area contributed by atoms with E-state index in [2.05, 4.69) is 20.6 Å². The summed E-state index contributed by atoms with van der Waals surface area (Å²) in [6.07, 6.45) is 2.10. The molecule has 7 nitrogen and oxygen atoms in total. The van der Waals surface area contributed by atoms with Gasteiger partial charge in [0.25, 0.3) is 0 Å². The van der Waals surface area contributed by atoms with Gasteiger partial charge < -0.3 is 10.1 Å². The van der Waals surface area contributed by atoms with E-state index in [0.29, 0.717) is 12.2 Å². The molecule has 1 saturated heterocycles. The van der Waals surface area contributed by atoms with Gasteiger partial charge in [-0.1, -0.05) is 0 Å². The summed E-state index contributed by atoms with van der Waals surface area (Å²) in [6.45, 7) is 0. The van der Waals surface area contributed by atoms with Crippen LogP contribution in [0.15, 0.2) is 36.5 Å². The number of carbonyl (C=O) groups excluding carboxylic acids is 2. The van der Waals surface area contributed by atoms with Gasteiger partial charge in [-0.2, -0.15) is 4.98 Å². The molecule has 2 heterocycles. The first kappa shape index (κ1) is 14.9. The molecule has 3 rings (SSSR count). The molecule has 0 spiro atoms. The van der Waals surface area contributed by atoms with E-state index in [0.717, 1.165) is 0 Å². The molecule has 1 atom stereocenters. The molecule has 2 N–H and O–H groups in total. The fourth-order valence-corrected chi connectivity index (χ4v) is 2.08. The number of ether oxygens (including phenoxy) is 1. The quantitative estimate of drug-likeness (QED) is 0.833. The summed E-state index contributed by atoms with van der Waals surface area (Å²) in [7, 11) is 0. The molecule has 1 unspecified atom stereocenters. The van der Waals surface area contributed by atoms with Crippen LogP contribution in [0.1, 0.15) is 12.8 Å². The van der Waals surface area contributed by atoms with Gasteiger partial charge in [0, 0.05) is 18.7 Å². The average molecular weight is 316 g/mol. The van der Waals surface area contributed by atoms with E-state index in [4.69, 9.17) is 4.74 Å². The highest BCUT2D eigenvalue weighted by molar-refractivity contribution is 6.01. The number of amides is 2. The van der Waals surface area contributed by atoms with Crippen molar-refractivity contribution in [1.29, 1.82) is 0 Å². The standard InChI is InChI=1S/C15H13FN4O3/c16-9-1-3-10(4-2-9)23-13-7-8-17-15(20-13)18-11-5-6-12(21)19-14(11)22/h1-4,7-8,11H,5-6H2,(H,17,18,20)(H,19,21,22). The third-order valence-electron chi connectivity index (χ3n) is 3.21. The maximum Gasteiger partial charge on any atom is 0.249 e. The van der Waals surface area contributed by atoms with Crippen molar-refractivity contribution in [3.8, 4) is 11.6 Å². The number of nitrogens with zero attached hydrogens (tertiary/aromatic N) is 2. The maximum atomic E-state index is 12.9. The number of benzene rings is 1. The Morgan fingerprint density at radius 1 is 1.22 bits per heavy atom. The van der Waals surface area contributed by atoms with Gasteiger partial charge in [-0.15, -0.1) is 0 Å². The minimum Gasteiger partial charge on any atom is -0.439 e. The second-order valence-corrected chi connectivity index (χ2v) is 4.92. The number of anilines is 1. The molecule has 0 aliphatic carbocycles. The van der Waals surface area contributed by atoms with E-state index in [1.165, 1.54) is 30.5 Å². The molecule has 2 aromatic rings. The lowest BCUT2D eigenvalue weighted by atomic mass is 10.1. The predicted octanol–water partition coefficient (Wildman–Crippen LogP) is 1.63. The zero-order valence-electron chi connectivity index (χ0n) is 12.0. The van der Waals surface area contributed by atoms with Gasteiger partial charge in [-0.25, -0.2) is 9.37 Å². The first-order chi connectivity index (χ1) is 11.1. The number of halogens is 1. The first-order valence-electron chi connectivity index (χ1n) is 6.97. The molecule has 0 bridgehead atoms. The number of hydrogen-bond acceptors (Lipinski definition) is 6. The van der Waals surface area contributed by atoms with Crippen LogP contribution >= 0.6 is 0 Å². The van der Waals surface area contributed by atoms with Crippen LogP contribution in [-0.4, -0.2) is 27.8 Å². The number of carbonyl (C=O) groups is 2. The van der Waals surface area contributed by atoms with Crippen molar-refractivity contribution in [3.63, 3.8) is 0 Å². The van der Waals surface area contributed by atoms with Gasteiger partial charge in [0.15, 0.2) is 0 Å². The largest absolute Gasteiger partial charge is 0.439 e. The normalized spacial score (nSPS) is 17.5. The van der Waals surface area contributed by atoms with E-state index in [1.54, 1.807) is 6.07 Å². The molecule has 1 fully saturated rings. The van der Waals surface area contributed by atoms with Gasteiger partial charge in [-0.3, -0.25) is 14.9 Å². The molecule has 1 aliphatic heterocycles. The molecule has 8 heteroatoms. The van der Waals surface area contributed by atoms with Crippen LogP contribution in [0.3, 0.4) is 0 Å². The van der Waals surface area contributed by atoms with E-state index < -0.39 is 11.9 Å². The van der Waals surface area contributed by atoms with Crippen molar-refractivity contribution in [2.75, 3.05) is 5.32 Å². The highest BCUT2D eigenvalue weighted by Gasteiger charge is 2.26. The van der Waals surface area contributed by atoms with Crippen molar-refractivity contribution >= 4 is 17.8 Å². The second-order valence-electron chi connectivity index (χ2n) is 4.92. The number of aromatic nitrogens is 2. The first-order valence-corrected chi connectivity index (χ1v) is 6.97. The summed E-state index contributed by atoms with van der Waals surface area (Å²) in [4.78, 5) is 31.0. The Hall–Kier alpha value is -3.03. The molecule has 0 saturated carbocycles. The van der Waals surface area contributed by atoms with Crippen molar-refractivity contribution in [1.82, 2.24) is 15.3 Å². The smallest absolute Gasteiger partial charge is 0.249 e. The number of rotatable bonds is 4. The van der Waals surface area contributed by atoms with E-state index in [-0.39, 0.29) is 30.0 Å². The Bertz CT molecular complexity index is 736. The predicted molar refractivity (Wildman–Crippen MR) is 78.3 cm³/mol. The minimum absolute atomic E-state index is 0.208. The molecular formula is C15H13FN4O3. The number of hydrogen-bond donors (Lipinski definition) is 2. The number of piperidine rings is 1. The third-order valence-corrected chi connectivity index (χ3v) is 3.21. The summed E-state index contributed by atoms with van der Waals surface area (Å²) < 4.78 is 18.4. The van der Waals surface area contributed by atoms with E-state index in [9.17, 15) is 14.0 Å². The van der Waals surface area contributed by atoms with E-state index >= 15 is 0 Å². The fraction of sp³-hybridized carbons (Fsp3) is 0.200. The third kappa shape index (κ3) is 3.79. The summed E-state index contributed by atoms with van der Waals surface area (Å²) in [6, 6.07) is 6.47. The molecule has 118 valence electrons. The van der Waals surface area contributed by atoms with Gasteiger partial charge in [0.05, 0.1) is 0 Å². The van der Waals surface area contributed by atoms with Crippen LogP contribution in [0.25, 0.3) is 0 Å². The molecule has 1 aromatic carbocycles. The van der Waals surface area contributed by atoms with Crippen LogP contribution in [0.5, 0.6) is 11.6 Å². The Balaban J connectivity index is 1.68. The zero-order valence-corrected chi connectivity index (χ0v) is 12.0. The summed E-state index contributed by atoms with van der Waals surface area (Å²) in [5, 5.41) is 5.11. The van der Waals surface area contributed by atoms with Crippen LogP contribution in [0, 0.1) is 5.82 Å². The molecule has 1 aliphatic rings. The van der Waals surface area contributed by atoms with Gasteiger partial charge in [0.1, 0.15) is 17.6 Å². The highest BCUT2D eigenvalue weighted by Crippen LogP contribution is 2.20. The Kier molecular flexibility index (Phi) is 4.13. The molecular weight excluding hydrogens is 303 g/mol. The van der Waals surface area contributed by atoms with Crippen molar-refractivity contribution in [2.45, 2.75) is 18.9 Å². The average Bonchev–Trinajstić information content (AvgIpc) is 2.53. The van der Waals surface area contributed by atoms with Crippen LogP contribution < -0.4 is 15.4 Å². The summed E-state index contributed by atoms with van der Waals surface area (Å²) in [5.74, 6) is -0.171. The number of imide groups is 1. The zero-order chi connectivity index (χ0) is 16.2.